The van der Waals surface area contributed by atoms with Crippen molar-refractivity contribution in [3.05, 3.63) is 75.7 Å². The van der Waals surface area contributed by atoms with E-state index >= 15 is 0 Å². The minimum atomic E-state index is -0.441. The first kappa shape index (κ1) is 21.5. The number of thioether (sulfide) groups is 1. The molecular formula is C21H21FN4O3S. The molecule has 0 aliphatic rings. The average Bonchev–Trinajstić information content (AvgIpc) is 2.67. The summed E-state index contributed by atoms with van der Waals surface area (Å²) in [4.78, 5) is 33.5. The molecule has 7 nitrogen and oxygen atoms in total. The van der Waals surface area contributed by atoms with Crippen molar-refractivity contribution in [3.8, 4) is 5.75 Å². The van der Waals surface area contributed by atoms with Crippen LogP contribution in [0.15, 0.2) is 52.5 Å². The number of hydrogen-bond acceptors (Lipinski definition) is 6. The summed E-state index contributed by atoms with van der Waals surface area (Å²) < 4.78 is 20.1. The van der Waals surface area contributed by atoms with Gasteiger partial charge in [-0.3, -0.25) is 9.59 Å². The van der Waals surface area contributed by atoms with E-state index in [-0.39, 0.29) is 23.6 Å². The van der Waals surface area contributed by atoms with Gasteiger partial charge in [-0.1, -0.05) is 17.8 Å². The van der Waals surface area contributed by atoms with Crippen LogP contribution in [0.25, 0.3) is 0 Å². The molecule has 0 radical (unpaired) electrons. The van der Waals surface area contributed by atoms with Crippen molar-refractivity contribution in [2.24, 2.45) is 0 Å². The lowest BCUT2D eigenvalue weighted by atomic mass is 10.3. The maximum absolute atomic E-state index is 13.3. The van der Waals surface area contributed by atoms with Gasteiger partial charge in [0.1, 0.15) is 12.4 Å². The molecule has 156 valence electrons. The van der Waals surface area contributed by atoms with Gasteiger partial charge in [0.25, 0.3) is 0 Å². The van der Waals surface area contributed by atoms with E-state index in [1.54, 1.807) is 10.6 Å². The van der Waals surface area contributed by atoms with Crippen molar-refractivity contribution in [1.82, 2.24) is 14.5 Å². The molecule has 0 spiro atoms. The Bertz CT molecular complexity index is 1110. The van der Waals surface area contributed by atoms with Gasteiger partial charge >= 0.3 is 0 Å². The zero-order chi connectivity index (χ0) is 21.7. The second-order valence-electron chi connectivity index (χ2n) is 6.61. The first-order valence-electron chi connectivity index (χ1n) is 9.12. The van der Waals surface area contributed by atoms with Crippen LogP contribution in [-0.2, 0) is 17.1 Å². The lowest BCUT2D eigenvalue weighted by Crippen LogP contribution is -2.22. The van der Waals surface area contributed by atoms with Crippen LogP contribution >= 0.6 is 11.8 Å². The fourth-order valence-corrected chi connectivity index (χ4v) is 3.78. The van der Waals surface area contributed by atoms with E-state index in [9.17, 15) is 14.0 Å². The Morgan fingerprint density at radius 2 is 1.93 bits per heavy atom. The fraction of sp³-hybridized carbons (Fsp3) is 0.238. The topological polar surface area (TPSA) is 86.1 Å². The predicted octanol–water partition coefficient (Wildman–Crippen LogP) is 3.33. The molecule has 3 rings (SSSR count). The van der Waals surface area contributed by atoms with Crippen LogP contribution in [0.4, 0.5) is 10.1 Å². The predicted molar refractivity (Wildman–Crippen MR) is 113 cm³/mol. The molecule has 2 aromatic heterocycles. The van der Waals surface area contributed by atoms with E-state index in [0.29, 0.717) is 22.3 Å². The third kappa shape index (κ3) is 5.66. The van der Waals surface area contributed by atoms with Crippen LogP contribution < -0.4 is 15.5 Å². The highest BCUT2D eigenvalue weighted by Crippen LogP contribution is 2.21. The van der Waals surface area contributed by atoms with Crippen molar-refractivity contribution in [2.45, 2.75) is 31.3 Å². The van der Waals surface area contributed by atoms with E-state index < -0.39 is 5.82 Å². The van der Waals surface area contributed by atoms with Gasteiger partial charge in [0.2, 0.25) is 11.3 Å². The number of ether oxygens (including phenoxy) is 1. The number of pyridine rings is 1. The van der Waals surface area contributed by atoms with Crippen molar-refractivity contribution < 1.29 is 13.9 Å². The molecule has 1 aromatic carbocycles. The number of rotatable bonds is 7. The summed E-state index contributed by atoms with van der Waals surface area (Å²) in [6.07, 6.45) is 1.49. The average molecular weight is 428 g/mol. The molecule has 1 N–H and O–H groups in total. The van der Waals surface area contributed by atoms with Crippen molar-refractivity contribution in [1.29, 1.82) is 0 Å². The number of carbonyl (C=O) groups is 1. The Labute approximate surface area is 177 Å². The number of aromatic nitrogens is 3. The van der Waals surface area contributed by atoms with Gasteiger partial charge in [0.05, 0.1) is 13.3 Å². The van der Waals surface area contributed by atoms with E-state index in [2.05, 4.69) is 15.3 Å². The van der Waals surface area contributed by atoms with Crippen molar-refractivity contribution >= 4 is 23.4 Å². The molecule has 2 heterocycles. The Kier molecular flexibility index (Phi) is 6.83. The Balaban J connectivity index is 1.81. The third-order valence-electron chi connectivity index (χ3n) is 4.14. The highest BCUT2D eigenvalue weighted by molar-refractivity contribution is 7.98. The largest absolute Gasteiger partial charge is 0.491 e. The summed E-state index contributed by atoms with van der Waals surface area (Å²) in [5.41, 5.74) is 2.39. The molecular weight excluding hydrogens is 407 g/mol. The smallest absolute Gasteiger partial charge is 0.244 e. The van der Waals surface area contributed by atoms with Crippen LogP contribution in [-0.4, -0.2) is 27.6 Å². The van der Waals surface area contributed by atoms with E-state index in [1.807, 2.05) is 19.9 Å². The first-order valence-corrected chi connectivity index (χ1v) is 10.1. The second-order valence-corrected chi connectivity index (χ2v) is 7.55. The lowest BCUT2D eigenvalue weighted by molar-refractivity contribution is -0.116. The lowest BCUT2D eigenvalue weighted by Gasteiger charge is -2.15. The number of amides is 1. The SMILES string of the molecule is COc1cn(CC(=O)Nc2cccc(F)c2)c(CSc2nc(C)cc(C)n2)cc1=O. The summed E-state index contributed by atoms with van der Waals surface area (Å²) in [5, 5.41) is 3.24. The summed E-state index contributed by atoms with van der Waals surface area (Å²) in [6.45, 7) is 3.70. The van der Waals surface area contributed by atoms with Crippen LogP contribution in [0.2, 0.25) is 0 Å². The molecule has 30 heavy (non-hydrogen) atoms. The number of anilines is 1. The maximum Gasteiger partial charge on any atom is 0.244 e. The monoisotopic (exact) mass is 428 g/mol. The highest BCUT2D eigenvalue weighted by Gasteiger charge is 2.12. The molecule has 0 saturated heterocycles. The minimum absolute atomic E-state index is 0.0727. The summed E-state index contributed by atoms with van der Waals surface area (Å²) in [7, 11) is 1.39. The summed E-state index contributed by atoms with van der Waals surface area (Å²) in [5.74, 6) is -0.288. The normalized spacial score (nSPS) is 10.7. The van der Waals surface area contributed by atoms with Gasteiger partial charge in [-0.15, -0.1) is 0 Å². The fourth-order valence-electron chi connectivity index (χ4n) is 2.84. The zero-order valence-electron chi connectivity index (χ0n) is 16.8. The number of halogens is 1. The van der Waals surface area contributed by atoms with Crippen LogP contribution in [0.1, 0.15) is 17.1 Å². The molecule has 0 saturated carbocycles. The first-order chi connectivity index (χ1) is 14.3. The van der Waals surface area contributed by atoms with Gasteiger partial charge < -0.3 is 14.6 Å². The number of benzene rings is 1. The van der Waals surface area contributed by atoms with Crippen molar-refractivity contribution in [3.63, 3.8) is 0 Å². The molecule has 9 heteroatoms. The van der Waals surface area contributed by atoms with Gasteiger partial charge in [-0.25, -0.2) is 14.4 Å². The molecule has 0 fully saturated rings. The van der Waals surface area contributed by atoms with E-state index in [0.717, 1.165) is 11.4 Å². The molecule has 0 aliphatic carbocycles. The highest BCUT2D eigenvalue weighted by atomic mass is 32.2. The minimum Gasteiger partial charge on any atom is -0.491 e. The van der Waals surface area contributed by atoms with Gasteiger partial charge in [0.15, 0.2) is 10.9 Å². The number of nitrogens with one attached hydrogen (secondary N) is 1. The number of carbonyl (C=O) groups excluding carboxylic acids is 1. The van der Waals surface area contributed by atoms with Crippen LogP contribution in [0, 0.1) is 19.7 Å². The Morgan fingerprint density at radius 3 is 2.60 bits per heavy atom. The summed E-state index contributed by atoms with van der Waals surface area (Å²) in [6, 6.07) is 8.96. The molecule has 0 aliphatic heterocycles. The van der Waals surface area contributed by atoms with Crippen LogP contribution in [0.3, 0.4) is 0 Å². The molecule has 0 unspecified atom stereocenters. The standard InChI is InChI=1S/C21H21FN4O3S/c1-13-7-14(2)24-21(23-13)30-12-17-9-18(27)19(29-3)10-26(17)11-20(28)25-16-6-4-5-15(22)8-16/h4-10H,11-12H2,1-3H3,(H,25,28). The molecule has 0 bridgehead atoms. The van der Waals surface area contributed by atoms with Gasteiger partial charge in [-0.05, 0) is 38.1 Å². The second kappa shape index (κ2) is 9.53. The molecule has 3 aromatic rings. The molecule has 0 atom stereocenters. The maximum atomic E-state index is 13.3. The number of hydrogen-bond donors (Lipinski definition) is 1. The zero-order valence-corrected chi connectivity index (χ0v) is 17.6. The Morgan fingerprint density at radius 1 is 1.20 bits per heavy atom. The summed E-state index contributed by atoms with van der Waals surface area (Å²) >= 11 is 1.37. The number of methoxy groups -OCH3 is 1. The third-order valence-corrected chi connectivity index (χ3v) is 5.02. The van der Waals surface area contributed by atoms with E-state index in [1.165, 1.54) is 49.3 Å². The van der Waals surface area contributed by atoms with E-state index in [4.69, 9.17) is 4.74 Å². The van der Waals surface area contributed by atoms with Crippen LogP contribution in [0.5, 0.6) is 5.75 Å². The van der Waals surface area contributed by atoms with Gasteiger partial charge in [-0.2, -0.15) is 0 Å². The number of aryl methyl sites for hydroxylation is 2. The number of nitrogens with zero attached hydrogens (tertiary/aromatic N) is 3. The van der Waals surface area contributed by atoms with Gasteiger partial charge in [0, 0.05) is 34.6 Å². The quantitative estimate of drug-likeness (QED) is 0.459. The molecule has 1 amide bonds. The van der Waals surface area contributed by atoms with Crippen molar-refractivity contribution in [2.75, 3.05) is 12.4 Å². The Hall–Kier alpha value is -3.20.